The molecule has 0 fully saturated rings. The van der Waals surface area contributed by atoms with E-state index in [2.05, 4.69) is 10.6 Å². The van der Waals surface area contributed by atoms with Gasteiger partial charge < -0.3 is 10.6 Å². The van der Waals surface area contributed by atoms with Crippen molar-refractivity contribution in [3.05, 3.63) is 58.1 Å². The van der Waals surface area contributed by atoms with Gasteiger partial charge in [0.05, 0.1) is 27.0 Å². The van der Waals surface area contributed by atoms with E-state index in [0.29, 0.717) is 0 Å². The van der Waals surface area contributed by atoms with Gasteiger partial charge in [0.1, 0.15) is 0 Å². The van der Waals surface area contributed by atoms with Gasteiger partial charge in [-0.2, -0.15) is 13.2 Å². The molecule has 2 rings (SSSR count). The summed E-state index contributed by atoms with van der Waals surface area (Å²) in [7, 11) is 0. The highest BCUT2D eigenvalue weighted by atomic mass is 35.5. The molecule has 0 aliphatic heterocycles. The minimum Gasteiger partial charge on any atom is -0.307 e. The second-order valence-electron chi connectivity index (χ2n) is 4.22. The van der Waals surface area contributed by atoms with E-state index < -0.39 is 17.8 Å². The van der Waals surface area contributed by atoms with Crippen LogP contribution in [0.1, 0.15) is 5.56 Å². The molecule has 2 N–H and O–H groups in total. The minimum atomic E-state index is -4.58. The van der Waals surface area contributed by atoms with Gasteiger partial charge in [-0.15, -0.1) is 0 Å². The molecule has 0 bridgehead atoms. The van der Waals surface area contributed by atoms with Crippen molar-refractivity contribution in [2.75, 3.05) is 10.6 Å². The summed E-state index contributed by atoms with van der Waals surface area (Å²) >= 11 is 11.7. The summed E-state index contributed by atoms with van der Waals surface area (Å²) in [6.07, 6.45) is -4.58. The van der Waals surface area contributed by atoms with Crippen molar-refractivity contribution in [3.8, 4) is 0 Å². The number of alkyl halides is 3. The number of benzene rings is 2. The van der Waals surface area contributed by atoms with E-state index >= 15 is 0 Å². The molecule has 0 aliphatic rings. The third-order valence-corrected chi connectivity index (χ3v) is 3.31. The monoisotopic (exact) mass is 348 g/mol. The van der Waals surface area contributed by atoms with Crippen molar-refractivity contribution < 1.29 is 18.0 Å². The lowest BCUT2D eigenvalue weighted by atomic mass is 10.1. The number of nitrogens with one attached hydrogen (secondary N) is 2. The Morgan fingerprint density at radius 3 is 2.09 bits per heavy atom. The standard InChI is InChI=1S/C14H9Cl2F3N2O/c15-9-5-3-6-10(16)12(9)21-13(22)20-11-7-2-1-4-8(11)14(17,18)19/h1-7H,(H2,20,21,22). The smallest absolute Gasteiger partial charge is 0.307 e. The maximum Gasteiger partial charge on any atom is 0.418 e. The van der Waals surface area contributed by atoms with Crippen LogP contribution in [0.3, 0.4) is 0 Å². The highest BCUT2D eigenvalue weighted by Gasteiger charge is 2.33. The summed E-state index contributed by atoms with van der Waals surface area (Å²) in [4.78, 5) is 11.9. The Kier molecular flexibility index (Phi) is 4.83. The Morgan fingerprint density at radius 1 is 0.909 bits per heavy atom. The first-order valence-corrected chi connectivity index (χ1v) is 6.73. The molecule has 0 saturated carbocycles. The second-order valence-corrected chi connectivity index (χ2v) is 5.03. The molecular formula is C14H9Cl2F3N2O. The fraction of sp³-hybridized carbons (Fsp3) is 0.0714. The van der Waals surface area contributed by atoms with Crippen LogP contribution < -0.4 is 10.6 Å². The quantitative estimate of drug-likeness (QED) is 0.722. The summed E-state index contributed by atoms with van der Waals surface area (Å²) in [5.41, 5.74) is -1.20. The highest BCUT2D eigenvalue weighted by Crippen LogP contribution is 2.35. The van der Waals surface area contributed by atoms with Crippen molar-refractivity contribution in [1.29, 1.82) is 0 Å². The predicted octanol–water partition coefficient (Wildman–Crippen LogP) is 5.66. The number of carbonyl (C=O) groups is 1. The molecule has 3 nitrogen and oxygen atoms in total. The SMILES string of the molecule is O=C(Nc1ccccc1C(F)(F)F)Nc1c(Cl)cccc1Cl. The van der Waals surface area contributed by atoms with Crippen molar-refractivity contribution in [3.63, 3.8) is 0 Å². The summed E-state index contributed by atoms with van der Waals surface area (Å²) in [6, 6.07) is 8.32. The van der Waals surface area contributed by atoms with Gasteiger partial charge in [-0.3, -0.25) is 0 Å². The van der Waals surface area contributed by atoms with E-state index in [9.17, 15) is 18.0 Å². The Bertz CT molecular complexity index is 684. The van der Waals surface area contributed by atoms with Crippen LogP contribution in [0, 0.1) is 0 Å². The molecule has 116 valence electrons. The maximum atomic E-state index is 12.8. The molecule has 0 saturated heterocycles. The van der Waals surface area contributed by atoms with Crippen LogP contribution in [-0.2, 0) is 6.18 Å². The van der Waals surface area contributed by atoms with Crippen LogP contribution >= 0.6 is 23.2 Å². The average Bonchev–Trinajstić information content (AvgIpc) is 2.42. The Labute approximate surface area is 134 Å². The van der Waals surface area contributed by atoms with Gasteiger partial charge in [-0.1, -0.05) is 41.4 Å². The number of anilines is 2. The lowest BCUT2D eigenvalue weighted by Crippen LogP contribution is -2.22. The molecular weight excluding hydrogens is 340 g/mol. The molecule has 0 unspecified atom stereocenters. The third kappa shape index (κ3) is 3.84. The van der Waals surface area contributed by atoms with Crippen LogP contribution in [0.2, 0.25) is 10.0 Å². The number of para-hydroxylation sites is 2. The molecule has 2 aromatic carbocycles. The van der Waals surface area contributed by atoms with Gasteiger partial charge in [-0.05, 0) is 24.3 Å². The Hall–Kier alpha value is -1.92. The van der Waals surface area contributed by atoms with E-state index in [1.54, 1.807) is 6.07 Å². The number of urea groups is 1. The zero-order valence-electron chi connectivity index (χ0n) is 10.8. The summed E-state index contributed by atoms with van der Waals surface area (Å²) in [5.74, 6) is 0. The topological polar surface area (TPSA) is 41.1 Å². The molecule has 0 heterocycles. The lowest BCUT2D eigenvalue weighted by Gasteiger charge is -2.14. The molecule has 8 heteroatoms. The molecule has 0 atom stereocenters. The number of amides is 2. The van der Waals surface area contributed by atoms with E-state index in [1.807, 2.05) is 0 Å². The van der Waals surface area contributed by atoms with Gasteiger partial charge in [0, 0.05) is 0 Å². The van der Waals surface area contributed by atoms with E-state index in [-0.39, 0.29) is 21.4 Å². The van der Waals surface area contributed by atoms with E-state index in [1.165, 1.54) is 24.3 Å². The maximum absolute atomic E-state index is 12.8. The molecule has 0 radical (unpaired) electrons. The predicted molar refractivity (Wildman–Crippen MR) is 80.5 cm³/mol. The molecule has 22 heavy (non-hydrogen) atoms. The first-order valence-electron chi connectivity index (χ1n) is 5.97. The molecule has 2 amide bonds. The minimum absolute atomic E-state index is 0.118. The summed E-state index contributed by atoms with van der Waals surface area (Å²) in [5, 5.41) is 4.80. The van der Waals surface area contributed by atoms with Gasteiger partial charge in [0.25, 0.3) is 0 Å². The number of rotatable bonds is 2. The fourth-order valence-electron chi connectivity index (χ4n) is 1.72. The van der Waals surface area contributed by atoms with Crippen molar-refractivity contribution in [2.45, 2.75) is 6.18 Å². The molecule has 0 spiro atoms. The van der Waals surface area contributed by atoms with Gasteiger partial charge in [-0.25, -0.2) is 4.79 Å². The highest BCUT2D eigenvalue weighted by molar-refractivity contribution is 6.39. The largest absolute Gasteiger partial charge is 0.418 e. The van der Waals surface area contributed by atoms with E-state index in [0.717, 1.165) is 12.1 Å². The molecule has 0 aliphatic carbocycles. The number of carbonyl (C=O) groups excluding carboxylic acids is 1. The number of halogens is 5. The Morgan fingerprint density at radius 2 is 1.50 bits per heavy atom. The Balaban J connectivity index is 2.20. The van der Waals surface area contributed by atoms with E-state index in [4.69, 9.17) is 23.2 Å². The fourth-order valence-corrected chi connectivity index (χ4v) is 2.22. The van der Waals surface area contributed by atoms with Crippen molar-refractivity contribution >= 4 is 40.6 Å². The average molecular weight is 349 g/mol. The zero-order chi connectivity index (χ0) is 16.3. The van der Waals surface area contributed by atoms with Crippen LogP contribution in [0.25, 0.3) is 0 Å². The van der Waals surface area contributed by atoms with Crippen LogP contribution in [0.15, 0.2) is 42.5 Å². The molecule has 0 aromatic heterocycles. The normalized spacial score (nSPS) is 11.1. The van der Waals surface area contributed by atoms with Crippen molar-refractivity contribution in [1.82, 2.24) is 0 Å². The number of hydrogen-bond acceptors (Lipinski definition) is 1. The van der Waals surface area contributed by atoms with Gasteiger partial charge >= 0.3 is 12.2 Å². The van der Waals surface area contributed by atoms with Crippen LogP contribution in [0.5, 0.6) is 0 Å². The van der Waals surface area contributed by atoms with Crippen LogP contribution in [-0.4, -0.2) is 6.03 Å². The first-order chi connectivity index (χ1) is 10.3. The third-order valence-electron chi connectivity index (χ3n) is 2.68. The van der Waals surface area contributed by atoms with Crippen molar-refractivity contribution in [2.24, 2.45) is 0 Å². The van der Waals surface area contributed by atoms with Crippen LogP contribution in [0.4, 0.5) is 29.3 Å². The first kappa shape index (κ1) is 16.5. The number of hydrogen-bond donors (Lipinski definition) is 2. The summed E-state index contributed by atoms with van der Waals surface area (Å²) in [6.45, 7) is 0. The lowest BCUT2D eigenvalue weighted by molar-refractivity contribution is -0.136. The zero-order valence-corrected chi connectivity index (χ0v) is 12.4. The second kappa shape index (κ2) is 6.46. The van der Waals surface area contributed by atoms with Gasteiger partial charge in [0.15, 0.2) is 0 Å². The molecule has 2 aromatic rings. The summed E-state index contributed by atoms with van der Waals surface area (Å²) < 4.78 is 38.5. The van der Waals surface area contributed by atoms with Gasteiger partial charge in [0.2, 0.25) is 0 Å².